The van der Waals surface area contributed by atoms with Crippen LogP contribution < -0.4 is 20.9 Å². The van der Waals surface area contributed by atoms with Gasteiger partial charge in [-0.15, -0.1) is 0 Å². The van der Waals surface area contributed by atoms with Gasteiger partial charge in [-0.2, -0.15) is 0 Å². The van der Waals surface area contributed by atoms with E-state index in [1.54, 1.807) is 23.1 Å². The number of nitrogens with zero attached hydrogens (tertiary/aromatic N) is 1. The molecule has 3 rings (SSSR count). The number of hydrogen-bond donors (Lipinski definition) is 3. The molecule has 0 bridgehead atoms. The Morgan fingerprint density at radius 1 is 0.767 bits per heavy atom. The van der Waals surface area contributed by atoms with Gasteiger partial charge in [-0.1, -0.05) is 59.6 Å². The first-order valence-corrected chi connectivity index (χ1v) is 9.97. The summed E-state index contributed by atoms with van der Waals surface area (Å²) in [7, 11) is 0. The molecule has 4 amide bonds. The standard InChI is InChI=1S/C22H20Cl2N4O2/c23-19-12-11-17(15-20(19)24)26-21(29)25-13-14-28(18-9-5-2-6-10-18)22(30)27-16-7-3-1-4-8-16/h1-12,15H,13-14H2,(H,27,30)(H2,25,26,29). The Balaban J connectivity index is 1.60. The molecule has 0 aromatic heterocycles. The number of halogens is 2. The van der Waals surface area contributed by atoms with Crippen molar-refractivity contribution in [2.75, 3.05) is 28.6 Å². The fourth-order valence-corrected chi connectivity index (χ4v) is 3.00. The molecular weight excluding hydrogens is 423 g/mol. The van der Waals surface area contributed by atoms with Gasteiger partial charge in [0.15, 0.2) is 0 Å². The van der Waals surface area contributed by atoms with Crippen LogP contribution in [0.5, 0.6) is 0 Å². The molecule has 0 aliphatic carbocycles. The van der Waals surface area contributed by atoms with Crippen molar-refractivity contribution in [1.82, 2.24) is 5.32 Å². The molecule has 0 unspecified atom stereocenters. The van der Waals surface area contributed by atoms with Crippen molar-refractivity contribution in [2.24, 2.45) is 0 Å². The summed E-state index contributed by atoms with van der Waals surface area (Å²) in [4.78, 5) is 26.5. The van der Waals surface area contributed by atoms with E-state index in [0.717, 1.165) is 5.69 Å². The van der Waals surface area contributed by atoms with Crippen molar-refractivity contribution in [3.8, 4) is 0 Å². The number of carbonyl (C=O) groups excluding carboxylic acids is 2. The van der Waals surface area contributed by atoms with Gasteiger partial charge in [0.2, 0.25) is 0 Å². The van der Waals surface area contributed by atoms with E-state index in [9.17, 15) is 9.59 Å². The molecule has 30 heavy (non-hydrogen) atoms. The van der Waals surface area contributed by atoms with Gasteiger partial charge in [0.25, 0.3) is 0 Å². The second-order valence-electron chi connectivity index (χ2n) is 6.29. The summed E-state index contributed by atoms with van der Waals surface area (Å²) >= 11 is 11.8. The predicted molar refractivity (Wildman–Crippen MR) is 123 cm³/mol. The van der Waals surface area contributed by atoms with Gasteiger partial charge in [-0.05, 0) is 42.5 Å². The molecule has 3 aromatic carbocycles. The normalized spacial score (nSPS) is 10.2. The number of urea groups is 2. The molecule has 0 spiro atoms. The van der Waals surface area contributed by atoms with E-state index in [0.29, 0.717) is 21.4 Å². The second-order valence-corrected chi connectivity index (χ2v) is 7.11. The van der Waals surface area contributed by atoms with E-state index in [1.807, 2.05) is 60.7 Å². The number of anilines is 3. The van der Waals surface area contributed by atoms with E-state index >= 15 is 0 Å². The predicted octanol–water partition coefficient (Wildman–Crippen LogP) is 5.85. The van der Waals surface area contributed by atoms with Gasteiger partial charge in [0.1, 0.15) is 0 Å². The maximum absolute atomic E-state index is 12.8. The van der Waals surface area contributed by atoms with Gasteiger partial charge < -0.3 is 16.0 Å². The molecular formula is C22H20Cl2N4O2. The lowest BCUT2D eigenvalue weighted by molar-refractivity contribution is 0.250. The van der Waals surface area contributed by atoms with Crippen LogP contribution in [0.3, 0.4) is 0 Å². The Morgan fingerprint density at radius 2 is 1.43 bits per heavy atom. The molecule has 154 valence electrons. The Morgan fingerprint density at radius 3 is 2.10 bits per heavy atom. The van der Waals surface area contributed by atoms with Crippen LogP contribution in [-0.4, -0.2) is 25.2 Å². The van der Waals surface area contributed by atoms with Crippen molar-refractivity contribution >= 4 is 52.3 Å². The van der Waals surface area contributed by atoms with Crippen molar-refractivity contribution in [3.05, 3.63) is 88.9 Å². The monoisotopic (exact) mass is 442 g/mol. The minimum atomic E-state index is -0.412. The molecule has 8 heteroatoms. The maximum atomic E-state index is 12.8. The summed E-state index contributed by atoms with van der Waals surface area (Å²) in [6, 6.07) is 22.5. The van der Waals surface area contributed by atoms with Crippen LogP contribution in [0.4, 0.5) is 26.7 Å². The van der Waals surface area contributed by atoms with E-state index in [-0.39, 0.29) is 19.1 Å². The molecule has 0 aliphatic heterocycles. The lowest BCUT2D eigenvalue weighted by Gasteiger charge is -2.23. The zero-order valence-electron chi connectivity index (χ0n) is 15.9. The third kappa shape index (κ3) is 6.14. The zero-order valence-corrected chi connectivity index (χ0v) is 17.5. The summed E-state index contributed by atoms with van der Waals surface area (Å²) in [6.45, 7) is 0.516. The van der Waals surface area contributed by atoms with Crippen LogP contribution in [-0.2, 0) is 0 Å². The Labute approximate surface area is 184 Å². The highest BCUT2D eigenvalue weighted by Crippen LogP contribution is 2.24. The van der Waals surface area contributed by atoms with Crippen molar-refractivity contribution in [2.45, 2.75) is 0 Å². The fraction of sp³-hybridized carbons (Fsp3) is 0.0909. The number of hydrogen-bond acceptors (Lipinski definition) is 2. The quantitative estimate of drug-likeness (QED) is 0.447. The minimum absolute atomic E-state index is 0.240. The molecule has 0 aliphatic rings. The molecule has 3 aromatic rings. The summed E-state index contributed by atoms with van der Waals surface area (Å²) in [5.74, 6) is 0. The van der Waals surface area contributed by atoms with Gasteiger partial charge in [0.05, 0.1) is 10.0 Å². The van der Waals surface area contributed by atoms with E-state index in [1.165, 1.54) is 0 Å². The number of nitrogens with one attached hydrogen (secondary N) is 3. The Hall–Kier alpha value is -3.22. The minimum Gasteiger partial charge on any atom is -0.336 e. The van der Waals surface area contributed by atoms with Crippen LogP contribution in [0.15, 0.2) is 78.9 Å². The first-order chi connectivity index (χ1) is 14.5. The number of para-hydroxylation sites is 2. The summed E-state index contributed by atoms with van der Waals surface area (Å²) < 4.78 is 0. The third-order valence-electron chi connectivity index (χ3n) is 4.14. The highest BCUT2D eigenvalue weighted by Gasteiger charge is 2.16. The van der Waals surface area contributed by atoms with E-state index < -0.39 is 6.03 Å². The lowest BCUT2D eigenvalue weighted by Crippen LogP contribution is -2.42. The van der Waals surface area contributed by atoms with E-state index in [4.69, 9.17) is 23.2 Å². The van der Waals surface area contributed by atoms with Crippen LogP contribution in [0.1, 0.15) is 0 Å². The average molecular weight is 443 g/mol. The Bertz CT molecular complexity index is 1000. The maximum Gasteiger partial charge on any atom is 0.326 e. The van der Waals surface area contributed by atoms with Crippen molar-refractivity contribution in [3.63, 3.8) is 0 Å². The topological polar surface area (TPSA) is 73.5 Å². The lowest BCUT2D eigenvalue weighted by atomic mass is 10.3. The second kappa shape index (κ2) is 10.5. The van der Waals surface area contributed by atoms with Crippen LogP contribution in [0.2, 0.25) is 10.0 Å². The third-order valence-corrected chi connectivity index (χ3v) is 4.88. The highest BCUT2D eigenvalue weighted by molar-refractivity contribution is 6.42. The highest BCUT2D eigenvalue weighted by atomic mass is 35.5. The van der Waals surface area contributed by atoms with Gasteiger partial charge in [0, 0.05) is 30.2 Å². The van der Waals surface area contributed by atoms with Crippen LogP contribution >= 0.6 is 23.2 Å². The summed E-state index contributed by atoms with van der Waals surface area (Å²) in [6.07, 6.45) is 0. The molecule has 0 saturated carbocycles. The summed E-state index contributed by atoms with van der Waals surface area (Å²) in [5.41, 5.74) is 1.93. The van der Waals surface area contributed by atoms with E-state index in [2.05, 4.69) is 16.0 Å². The van der Waals surface area contributed by atoms with Gasteiger partial charge >= 0.3 is 12.1 Å². The number of rotatable bonds is 6. The molecule has 0 atom stereocenters. The molecule has 0 fully saturated rings. The largest absolute Gasteiger partial charge is 0.336 e. The van der Waals surface area contributed by atoms with Crippen LogP contribution in [0, 0.1) is 0 Å². The SMILES string of the molecule is O=C(NCCN(C(=O)Nc1ccccc1)c1ccccc1)Nc1ccc(Cl)c(Cl)c1. The molecule has 0 radical (unpaired) electrons. The number of carbonyl (C=O) groups is 2. The first-order valence-electron chi connectivity index (χ1n) is 9.21. The molecule has 3 N–H and O–H groups in total. The first kappa shape index (κ1) is 21.5. The van der Waals surface area contributed by atoms with Crippen molar-refractivity contribution in [1.29, 1.82) is 0 Å². The summed E-state index contributed by atoms with van der Waals surface area (Å²) in [5, 5.41) is 9.04. The van der Waals surface area contributed by atoms with Crippen LogP contribution in [0.25, 0.3) is 0 Å². The number of amides is 4. The molecule has 0 heterocycles. The molecule has 0 saturated heterocycles. The smallest absolute Gasteiger partial charge is 0.326 e. The number of benzene rings is 3. The fourth-order valence-electron chi connectivity index (χ4n) is 2.70. The van der Waals surface area contributed by atoms with Gasteiger partial charge in [-0.25, -0.2) is 9.59 Å². The van der Waals surface area contributed by atoms with Gasteiger partial charge in [-0.3, -0.25) is 4.90 Å². The Kier molecular flexibility index (Phi) is 7.54. The molecule has 6 nitrogen and oxygen atoms in total. The van der Waals surface area contributed by atoms with Crippen molar-refractivity contribution < 1.29 is 9.59 Å². The average Bonchev–Trinajstić information content (AvgIpc) is 2.75. The zero-order chi connectivity index (χ0) is 21.3.